The Morgan fingerprint density at radius 2 is 2.22 bits per heavy atom. The molecular weight excluding hydrogens is 227 g/mol. The minimum atomic E-state index is -3.65. The van der Waals surface area contributed by atoms with Crippen LogP contribution in [0.15, 0.2) is 12.5 Å². The molecule has 0 N–H and O–H groups in total. The number of aromatic nitrogens is 2. The summed E-state index contributed by atoms with van der Waals surface area (Å²) >= 11 is 0. The normalized spacial score (nSPS) is 36.2. The van der Waals surface area contributed by atoms with Gasteiger partial charge < -0.3 is 13.9 Å². The van der Waals surface area contributed by atoms with Gasteiger partial charge >= 0.3 is 7.12 Å². The fourth-order valence-electron chi connectivity index (χ4n) is 1.49. The molecule has 0 saturated carbocycles. The smallest absolute Gasteiger partial charge is 0.398 e. The number of hydrogen-bond acceptors (Lipinski definition) is 3. The second kappa shape index (κ2) is 4.39. The predicted octanol–water partition coefficient (Wildman–Crippen LogP) is 2.15. The highest BCUT2D eigenvalue weighted by atomic mass is 16.7. The maximum atomic E-state index is 8.40. The van der Waals surface area contributed by atoms with E-state index in [-0.39, 0.29) is 10.2 Å². The zero-order chi connectivity index (χ0) is 23.0. The van der Waals surface area contributed by atoms with Gasteiger partial charge in [-0.05, 0) is 40.9 Å². The zero-order valence-corrected chi connectivity index (χ0v) is 10.8. The Bertz CT molecular complexity index is 786. The Labute approximate surface area is 125 Å². The number of hydrogen-bond donors (Lipinski definition) is 0. The van der Waals surface area contributed by atoms with Crippen molar-refractivity contribution in [3.05, 3.63) is 12.5 Å². The van der Waals surface area contributed by atoms with Gasteiger partial charge in [-0.25, -0.2) is 4.98 Å². The van der Waals surface area contributed by atoms with Gasteiger partial charge in [-0.15, -0.1) is 0 Å². The molecule has 18 heavy (non-hydrogen) atoms. The van der Waals surface area contributed by atoms with Crippen LogP contribution in [-0.4, -0.2) is 27.9 Å². The summed E-state index contributed by atoms with van der Waals surface area (Å²) in [5.41, 5.74) is -2.02. The van der Waals surface area contributed by atoms with Crippen LogP contribution < -0.4 is 5.59 Å². The maximum Gasteiger partial charge on any atom is 0.516 e. The van der Waals surface area contributed by atoms with Gasteiger partial charge in [0.15, 0.2) is 0 Å². The highest BCUT2D eigenvalue weighted by molar-refractivity contribution is 6.61. The van der Waals surface area contributed by atoms with Crippen molar-refractivity contribution in [2.24, 2.45) is 0 Å². The number of nitrogens with zero attached hydrogens (tertiary/aromatic N) is 2. The lowest BCUT2D eigenvalue weighted by molar-refractivity contribution is 0.00578. The van der Waals surface area contributed by atoms with Crippen LogP contribution in [0.5, 0.6) is 0 Å². The summed E-state index contributed by atoms with van der Waals surface area (Å²) in [4.78, 5) is 3.77. The van der Waals surface area contributed by atoms with Crippen LogP contribution in [0.1, 0.15) is 68.9 Å². The molecule has 0 bridgehead atoms. The minimum Gasteiger partial charge on any atom is -0.398 e. The molecule has 5 heteroatoms. The monoisotopic (exact) mass is 261 g/mol. The molecule has 0 aromatic carbocycles. The van der Waals surface area contributed by atoms with Crippen LogP contribution in [0, 0.1) is 0 Å². The molecule has 0 aliphatic carbocycles. The summed E-state index contributed by atoms with van der Waals surface area (Å²) in [6, 6.07) is -3.53. The second-order valence-corrected chi connectivity index (χ2v) is 5.11. The average Bonchev–Trinajstić information content (AvgIpc) is 2.88. The summed E-state index contributed by atoms with van der Waals surface area (Å²) in [7, 11) is -1.28. The molecule has 4 nitrogen and oxygen atoms in total. The Kier molecular flexibility index (Phi) is 1.29. The summed E-state index contributed by atoms with van der Waals surface area (Å²) < 4.78 is 97.5. The average molecular weight is 261 g/mol. The van der Waals surface area contributed by atoms with Crippen molar-refractivity contribution in [3.63, 3.8) is 0 Å². The Balaban J connectivity index is 2.72. The van der Waals surface area contributed by atoms with Crippen LogP contribution in [-0.2, 0) is 9.31 Å². The lowest BCUT2D eigenvalue weighted by Crippen LogP contribution is -2.41. The number of imidazole rings is 1. The molecule has 1 aliphatic heterocycles. The van der Waals surface area contributed by atoms with Gasteiger partial charge in [0.1, 0.15) is 1.37 Å². The number of rotatable bonds is 3. The third kappa shape index (κ3) is 2.21. The van der Waals surface area contributed by atoms with Gasteiger partial charge in [-0.3, -0.25) is 0 Å². The van der Waals surface area contributed by atoms with Gasteiger partial charge in [0.2, 0.25) is 0 Å². The van der Waals surface area contributed by atoms with Crippen molar-refractivity contribution in [2.45, 2.75) is 65.0 Å². The van der Waals surface area contributed by atoms with Crippen molar-refractivity contribution in [3.8, 4) is 0 Å². The lowest BCUT2D eigenvalue weighted by Gasteiger charge is -2.32. The standard InChI is InChI=1S/C13H23BN2O2/c1-7-10(2)16-8-11(15-9-16)14-17-12(3,4)13(5,6)18-14/h8-10H,7H2,1-6H3/i1D3,2D3,7D2,8D,9D,10D. The SMILES string of the molecule is [2H]c1nc(B2OC(C)(C)C(C)(C)O2)c([2H])n1C([2H])(C([2H])([2H])[2H])C([2H])([2H])C([2H])([2H])[2H]. The summed E-state index contributed by atoms with van der Waals surface area (Å²) in [5, 5.41) is 0. The molecule has 1 aliphatic rings. The van der Waals surface area contributed by atoms with E-state index in [2.05, 4.69) is 4.98 Å². The zero-order valence-electron chi connectivity index (χ0n) is 21.8. The fourth-order valence-corrected chi connectivity index (χ4v) is 1.49. The maximum absolute atomic E-state index is 8.40. The molecule has 1 fully saturated rings. The molecule has 0 amide bonds. The topological polar surface area (TPSA) is 36.3 Å². The molecule has 1 saturated heterocycles. The molecule has 2 rings (SSSR count). The van der Waals surface area contributed by atoms with E-state index in [1.807, 2.05) is 0 Å². The van der Waals surface area contributed by atoms with Crippen LogP contribution in [0.4, 0.5) is 0 Å². The van der Waals surface area contributed by atoms with E-state index in [0.29, 0.717) is 0 Å². The summed E-state index contributed by atoms with van der Waals surface area (Å²) in [5.74, 6) is 0. The Hall–Kier alpha value is -0.805. The molecule has 100 valence electrons. The second-order valence-electron chi connectivity index (χ2n) is 5.11. The van der Waals surface area contributed by atoms with Gasteiger partial charge in [-0.2, -0.15) is 0 Å². The van der Waals surface area contributed by atoms with Crippen LogP contribution in [0.3, 0.4) is 0 Å². The van der Waals surface area contributed by atoms with Crippen molar-refractivity contribution >= 4 is 12.7 Å². The van der Waals surface area contributed by atoms with E-state index < -0.39 is 56.9 Å². The molecule has 0 spiro atoms. The summed E-state index contributed by atoms with van der Waals surface area (Å²) in [6.07, 6.45) is -5.45. The first kappa shape index (κ1) is 5.29. The van der Waals surface area contributed by atoms with E-state index in [4.69, 9.17) is 24.4 Å². The van der Waals surface area contributed by atoms with E-state index in [1.54, 1.807) is 27.7 Å². The first-order valence-electron chi connectivity index (χ1n) is 11.0. The van der Waals surface area contributed by atoms with Crippen molar-refractivity contribution in [1.29, 1.82) is 0 Å². The first-order chi connectivity index (χ1) is 12.6. The highest BCUT2D eigenvalue weighted by Crippen LogP contribution is 2.36. The third-order valence-corrected chi connectivity index (χ3v) is 3.32. The van der Waals surface area contributed by atoms with E-state index in [0.717, 1.165) is 0 Å². The molecule has 1 atom stereocenters. The molecule has 0 radical (unpaired) electrons. The third-order valence-electron chi connectivity index (χ3n) is 3.32. The van der Waals surface area contributed by atoms with Gasteiger partial charge in [0.05, 0.1) is 25.8 Å². The summed E-state index contributed by atoms with van der Waals surface area (Å²) in [6.45, 7) is -0.194. The van der Waals surface area contributed by atoms with Crippen LogP contribution in [0.25, 0.3) is 0 Å². The van der Waals surface area contributed by atoms with Crippen molar-refractivity contribution in [1.82, 2.24) is 9.55 Å². The molecular formula is C13H23BN2O2. The lowest BCUT2D eigenvalue weighted by atomic mass is 9.86. The Morgan fingerprint density at radius 3 is 2.78 bits per heavy atom. The van der Waals surface area contributed by atoms with Crippen LogP contribution >= 0.6 is 0 Å². The molecule has 2 heterocycles. The largest absolute Gasteiger partial charge is 0.516 e. The van der Waals surface area contributed by atoms with Crippen LogP contribution in [0.2, 0.25) is 0 Å². The van der Waals surface area contributed by atoms with Gasteiger partial charge in [-0.1, -0.05) is 6.85 Å². The quantitative estimate of drug-likeness (QED) is 0.782. The Morgan fingerprint density at radius 1 is 1.56 bits per heavy atom. The van der Waals surface area contributed by atoms with E-state index in [9.17, 15) is 0 Å². The fraction of sp³-hybridized carbons (Fsp3) is 0.769. The van der Waals surface area contributed by atoms with Gasteiger partial charge in [0.25, 0.3) is 0 Å². The highest BCUT2D eigenvalue weighted by Gasteiger charge is 2.52. The van der Waals surface area contributed by atoms with E-state index >= 15 is 0 Å². The van der Waals surface area contributed by atoms with Crippen molar-refractivity contribution in [2.75, 3.05) is 0 Å². The van der Waals surface area contributed by atoms with Gasteiger partial charge in [0, 0.05) is 23.2 Å². The predicted molar refractivity (Wildman–Crippen MR) is 72.9 cm³/mol. The molecule has 1 aromatic rings. The minimum absolute atomic E-state index is 0.159. The first-order valence-corrected chi connectivity index (χ1v) is 5.54. The molecule has 1 unspecified atom stereocenters. The molecule has 1 aromatic heterocycles. The van der Waals surface area contributed by atoms with Crippen molar-refractivity contribution < 1.29 is 24.4 Å². The van der Waals surface area contributed by atoms with E-state index in [1.165, 1.54) is 0 Å².